The molecule has 1 saturated heterocycles. The zero-order valence-electron chi connectivity index (χ0n) is 27.4. The first kappa shape index (κ1) is 41.5. The van der Waals surface area contributed by atoms with E-state index < -0.39 is 62.4 Å². The number of aromatic nitrogens is 2. The van der Waals surface area contributed by atoms with Crippen LogP contribution in [0.25, 0.3) is 0 Å². The lowest BCUT2D eigenvalue weighted by molar-refractivity contribution is -0.143. The summed E-state index contributed by atoms with van der Waals surface area (Å²) < 4.78 is 61.6. The molecule has 1 aliphatic heterocycles. The van der Waals surface area contributed by atoms with Gasteiger partial charge in [-0.3, -0.25) is 18.4 Å². The van der Waals surface area contributed by atoms with Crippen LogP contribution in [0.4, 0.5) is 14.6 Å². The first-order valence-electron chi connectivity index (χ1n) is 16.8. The van der Waals surface area contributed by atoms with Crippen molar-refractivity contribution in [3.63, 3.8) is 0 Å². The first-order valence-corrected chi connectivity index (χ1v) is 18.8. The lowest BCUT2D eigenvalue weighted by Crippen LogP contribution is -2.42. The van der Waals surface area contributed by atoms with Crippen LogP contribution in [0.1, 0.15) is 122 Å². The van der Waals surface area contributed by atoms with Crippen LogP contribution in [0, 0.1) is 0 Å². The molecule has 2 rings (SSSR count). The smallest absolute Gasteiger partial charge is 0.464 e. The van der Waals surface area contributed by atoms with Crippen LogP contribution < -0.4 is 11.4 Å². The van der Waals surface area contributed by atoms with Gasteiger partial charge in [0.25, 0.3) is 0 Å². The predicted molar refractivity (Wildman–Crippen MR) is 174 cm³/mol. The molecule has 1 aromatic rings. The van der Waals surface area contributed by atoms with Crippen LogP contribution in [0.15, 0.2) is 17.1 Å². The van der Waals surface area contributed by atoms with Crippen LogP contribution >= 0.6 is 19.4 Å². The van der Waals surface area contributed by atoms with E-state index in [2.05, 4.69) is 11.9 Å². The number of phosphoric ester groups is 1. The van der Waals surface area contributed by atoms with Crippen LogP contribution in [-0.4, -0.2) is 68.8 Å². The lowest BCUT2D eigenvalue weighted by atomic mass is 10.0. The number of esters is 1. The minimum Gasteiger partial charge on any atom is -0.464 e. The van der Waals surface area contributed by atoms with E-state index in [1.807, 2.05) is 0 Å². The predicted octanol–water partition coefficient (Wildman–Crippen LogP) is 6.65. The van der Waals surface area contributed by atoms with Crippen molar-refractivity contribution in [2.45, 2.75) is 146 Å². The Labute approximate surface area is 281 Å². The second kappa shape index (κ2) is 22.1. The first-order chi connectivity index (χ1) is 22.4. The van der Waals surface area contributed by atoms with Crippen LogP contribution in [0.5, 0.6) is 0 Å². The number of halogens is 3. The molecule has 1 aliphatic rings. The fourth-order valence-corrected chi connectivity index (χ4v) is 6.20. The fraction of sp³-hybridized carbons (Fsp3) is 0.839. The van der Waals surface area contributed by atoms with E-state index in [0.717, 1.165) is 31.5 Å². The molecule has 0 bridgehead atoms. The minimum absolute atomic E-state index is 0.200. The third-order valence-electron chi connectivity index (χ3n) is 7.96. The Bertz CT molecular complexity index is 1150. The molecule has 0 radical (unpaired) electrons. The quantitative estimate of drug-likeness (QED) is 0.0405. The van der Waals surface area contributed by atoms with Crippen molar-refractivity contribution < 1.29 is 46.7 Å². The number of anilines is 1. The van der Waals surface area contributed by atoms with Gasteiger partial charge in [-0.15, -0.1) is 11.6 Å². The molecular formula is C31H53ClF2N3O9P. The van der Waals surface area contributed by atoms with Gasteiger partial charge < -0.3 is 25.2 Å². The number of ether oxygens (including phenoxy) is 2. The molecule has 1 fully saturated rings. The summed E-state index contributed by atoms with van der Waals surface area (Å²) >= 11 is 6.03. The highest BCUT2D eigenvalue weighted by molar-refractivity contribution is 7.47. The Morgan fingerprint density at radius 2 is 1.55 bits per heavy atom. The van der Waals surface area contributed by atoms with E-state index in [0.29, 0.717) is 11.0 Å². The summed E-state index contributed by atoms with van der Waals surface area (Å²) in [5.41, 5.74) is 4.22. The van der Waals surface area contributed by atoms with Gasteiger partial charge in [0.15, 0.2) is 6.10 Å². The normalized spacial score (nSPS) is 21.0. The second-order valence-corrected chi connectivity index (χ2v) is 14.2. The second-order valence-electron chi connectivity index (χ2n) is 12.1. The molecule has 4 N–H and O–H groups in total. The van der Waals surface area contributed by atoms with Crippen molar-refractivity contribution in [1.29, 1.82) is 0 Å². The van der Waals surface area contributed by atoms with E-state index in [-0.39, 0.29) is 18.8 Å². The highest BCUT2D eigenvalue weighted by atomic mass is 35.5. The molecule has 0 saturated carbocycles. The number of alkyl halides is 3. The summed E-state index contributed by atoms with van der Waals surface area (Å²) in [7, 11) is -4.83. The molecule has 1 aromatic heterocycles. The topological polar surface area (TPSA) is 172 Å². The SMILES string of the molecule is CCCCCCCCCCCCCCCCCCC(=O)OCC(Cl)COP(=O)(O)OCC1OC(n2ccc(N)nc2=O)C(F)(F)[C@H]1O. The van der Waals surface area contributed by atoms with Gasteiger partial charge >= 0.3 is 25.4 Å². The lowest BCUT2D eigenvalue weighted by Gasteiger charge is -2.20. The number of nitrogen functional groups attached to an aromatic ring is 1. The van der Waals surface area contributed by atoms with E-state index >= 15 is 0 Å². The monoisotopic (exact) mass is 715 g/mol. The molecule has 0 aromatic carbocycles. The number of aliphatic hydroxyl groups is 1. The fourth-order valence-electron chi connectivity index (χ4n) is 5.21. The van der Waals surface area contributed by atoms with Crippen molar-refractivity contribution >= 4 is 31.2 Å². The Balaban J connectivity index is 1.51. The average molecular weight is 716 g/mol. The number of phosphoric acid groups is 1. The molecule has 2 heterocycles. The van der Waals surface area contributed by atoms with Crippen molar-refractivity contribution in [3.8, 4) is 0 Å². The molecule has 0 spiro atoms. The zero-order valence-corrected chi connectivity index (χ0v) is 29.1. The molecule has 4 unspecified atom stereocenters. The van der Waals surface area contributed by atoms with E-state index in [1.165, 1.54) is 77.0 Å². The van der Waals surface area contributed by atoms with E-state index in [1.54, 1.807) is 0 Å². The van der Waals surface area contributed by atoms with E-state index in [9.17, 15) is 32.9 Å². The number of hydrogen-bond donors (Lipinski definition) is 3. The number of rotatable bonds is 26. The van der Waals surface area contributed by atoms with Crippen LogP contribution in [0.3, 0.4) is 0 Å². The molecule has 272 valence electrons. The van der Waals surface area contributed by atoms with Crippen molar-refractivity contribution in [3.05, 3.63) is 22.7 Å². The van der Waals surface area contributed by atoms with Gasteiger partial charge in [0.2, 0.25) is 6.23 Å². The van der Waals surface area contributed by atoms with Gasteiger partial charge in [-0.25, -0.2) is 9.36 Å². The van der Waals surface area contributed by atoms with E-state index in [4.69, 9.17) is 35.9 Å². The molecule has 47 heavy (non-hydrogen) atoms. The molecule has 0 amide bonds. The number of unbranched alkanes of at least 4 members (excludes halogenated alkanes) is 15. The summed E-state index contributed by atoms with van der Waals surface area (Å²) in [4.78, 5) is 37.2. The number of nitrogens with two attached hydrogens (primary N) is 1. The number of aliphatic hydroxyl groups excluding tert-OH is 1. The van der Waals surface area contributed by atoms with Crippen LogP contribution in [-0.2, 0) is 27.9 Å². The summed E-state index contributed by atoms with van der Waals surface area (Å²) in [6.45, 7) is 0.439. The van der Waals surface area contributed by atoms with Gasteiger partial charge in [0.05, 0.1) is 18.6 Å². The highest BCUT2D eigenvalue weighted by Crippen LogP contribution is 2.47. The standard InChI is InChI=1S/C31H53ClF2N3O9P/c1-2-3-4-5-6-7-8-9-10-11-12-13-14-15-16-17-18-27(38)43-21-24(32)22-44-47(41,42)45-23-25-28(39)31(33,34)29(46-25)37-20-19-26(35)36-30(37)40/h19-20,24-25,28-29,39H,2-18,21-23H2,1H3,(H,41,42)(H2,35,36,40)/t24?,25?,28-,29?/m0/s1. The Hall–Kier alpha value is -1.67. The Morgan fingerprint density at radius 3 is 2.09 bits per heavy atom. The number of carbonyl (C=O) groups is 1. The summed E-state index contributed by atoms with van der Waals surface area (Å²) in [5, 5.41) is 9.04. The third kappa shape index (κ3) is 16.1. The largest absolute Gasteiger partial charge is 0.472 e. The molecular weight excluding hydrogens is 663 g/mol. The Morgan fingerprint density at radius 1 is 1.02 bits per heavy atom. The van der Waals surface area contributed by atoms with Gasteiger partial charge in [-0.05, 0) is 12.5 Å². The van der Waals surface area contributed by atoms with Gasteiger partial charge in [-0.1, -0.05) is 103 Å². The van der Waals surface area contributed by atoms with Gasteiger partial charge in [-0.2, -0.15) is 13.8 Å². The molecule has 12 nitrogen and oxygen atoms in total. The van der Waals surface area contributed by atoms with Crippen molar-refractivity contribution in [1.82, 2.24) is 9.55 Å². The maximum atomic E-state index is 14.6. The van der Waals surface area contributed by atoms with Crippen molar-refractivity contribution in [2.75, 3.05) is 25.6 Å². The maximum Gasteiger partial charge on any atom is 0.472 e. The molecule has 5 atom stereocenters. The third-order valence-corrected chi connectivity index (χ3v) is 9.17. The van der Waals surface area contributed by atoms with Gasteiger partial charge in [0, 0.05) is 12.6 Å². The van der Waals surface area contributed by atoms with Gasteiger partial charge in [0.1, 0.15) is 18.5 Å². The average Bonchev–Trinajstić information content (AvgIpc) is 3.25. The number of nitrogens with zero attached hydrogens (tertiary/aromatic N) is 2. The maximum absolute atomic E-state index is 14.6. The Kier molecular flexibility index (Phi) is 19.5. The van der Waals surface area contributed by atoms with Crippen LogP contribution in [0.2, 0.25) is 0 Å². The minimum atomic E-state index is -4.83. The highest BCUT2D eigenvalue weighted by Gasteiger charge is 2.60. The summed E-state index contributed by atoms with van der Waals surface area (Å²) in [6, 6.07) is 1.09. The summed E-state index contributed by atoms with van der Waals surface area (Å²) in [5.74, 6) is -4.61. The summed E-state index contributed by atoms with van der Waals surface area (Å²) in [6.07, 6.45) is 14.3. The number of carbonyl (C=O) groups excluding carboxylic acids is 1. The number of hydrogen-bond acceptors (Lipinski definition) is 10. The zero-order chi connectivity index (χ0) is 34.7. The molecule has 0 aliphatic carbocycles. The van der Waals surface area contributed by atoms with Crippen molar-refractivity contribution in [2.24, 2.45) is 0 Å². The molecule has 16 heteroatoms.